The maximum Gasteiger partial charge on any atom is 0.0466 e. The fourth-order valence-electron chi connectivity index (χ4n) is 4.11. The van der Waals surface area contributed by atoms with E-state index in [1.165, 1.54) is 154 Å². The van der Waals surface area contributed by atoms with E-state index in [0.29, 0.717) is 0 Å². The molecule has 0 aliphatic carbocycles. The van der Waals surface area contributed by atoms with Crippen LogP contribution in [0.2, 0.25) is 0 Å². The Morgan fingerprint density at radius 2 is 0.667 bits per heavy atom. The van der Waals surface area contributed by atoms with Crippen LogP contribution in [0, 0.1) is 0 Å². The molecule has 0 spiro atoms. The van der Waals surface area contributed by atoms with Gasteiger partial charge in [-0.25, -0.2) is 0 Å². The zero-order valence-electron chi connectivity index (χ0n) is 21.3. The van der Waals surface area contributed by atoms with Crippen LogP contribution in [-0.4, -0.2) is 26.3 Å². The summed E-state index contributed by atoms with van der Waals surface area (Å²) in [5.41, 5.74) is 0. The monoisotopic (exact) mass is 425 g/mol. The van der Waals surface area contributed by atoms with E-state index in [4.69, 9.17) is 4.74 Å². The van der Waals surface area contributed by atoms with Gasteiger partial charge < -0.3 is 10.1 Å². The van der Waals surface area contributed by atoms with E-state index < -0.39 is 0 Å². The molecule has 0 saturated carbocycles. The highest BCUT2D eigenvalue weighted by atomic mass is 16.5. The third-order valence-corrected chi connectivity index (χ3v) is 6.24. The highest BCUT2D eigenvalue weighted by molar-refractivity contribution is 4.53. The van der Waals surface area contributed by atoms with Crippen LogP contribution in [0.25, 0.3) is 0 Å². The van der Waals surface area contributed by atoms with Crippen molar-refractivity contribution in [1.82, 2.24) is 5.32 Å². The molecule has 0 saturated heterocycles. The maximum absolute atomic E-state index is 5.74. The summed E-state index contributed by atoms with van der Waals surface area (Å²) in [6.45, 7) is 8.96. The van der Waals surface area contributed by atoms with Gasteiger partial charge in [-0.3, -0.25) is 0 Å². The molecule has 0 aromatic rings. The molecule has 0 heterocycles. The van der Waals surface area contributed by atoms with Gasteiger partial charge in [0, 0.05) is 13.2 Å². The van der Waals surface area contributed by atoms with Crippen molar-refractivity contribution < 1.29 is 4.74 Å². The Morgan fingerprint density at radius 1 is 0.367 bits per heavy atom. The molecule has 0 bridgehead atoms. The van der Waals surface area contributed by atoms with Crippen molar-refractivity contribution in [3.05, 3.63) is 0 Å². The normalized spacial score (nSPS) is 11.4. The lowest BCUT2D eigenvalue weighted by Crippen LogP contribution is -2.16. The topological polar surface area (TPSA) is 21.3 Å². The number of ether oxygens (including phenoxy) is 1. The molecule has 0 radical (unpaired) electrons. The molecule has 0 amide bonds. The first kappa shape index (κ1) is 29.9. The van der Waals surface area contributed by atoms with Gasteiger partial charge in [-0.2, -0.15) is 0 Å². The van der Waals surface area contributed by atoms with E-state index in [0.717, 1.165) is 13.2 Å². The van der Waals surface area contributed by atoms with Gasteiger partial charge in [-0.05, 0) is 38.8 Å². The summed E-state index contributed by atoms with van der Waals surface area (Å²) in [4.78, 5) is 0. The summed E-state index contributed by atoms with van der Waals surface area (Å²) >= 11 is 0. The average Bonchev–Trinajstić information content (AvgIpc) is 2.76. The lowest BCUT2D eigenvalue weighted by atomic mass is 10.1. The van der Waals surface area contributed by atoms with Gasteiger partial charge in [-0.1, -0.05) is 129 Å². The van der Waals surface area contributed by atoms with Crippen molar-refractivity contribution in [2.75, 3.05) is 26.3 Å². The average molecular weight is 426 g/mol. The Bertz CT molecular complexity index is 254. The minimum atomic E-state index is 0.977. The lowest BCUT2D eigenvalue weighted by Gasteiger charge is -2.06. The number of unbranched alkanes of at least 4 members (excludes halogenated alkanes) is 19. The first-order valence-electron chi connectivity index (χ1n) is 14.2. The van der Waals surface area contributed by atoms with Crippen LogP contribution in [0.4, 0.5) is 0 Å². The second-order valence-corrected chi connectivity index (χ2v) is 9.43. The highest BCUT2D eigenvalue weighted by Gasteiger charge is 1.95. The second-order valence-electron chi connectivity index (χ2n) is 9.43. The van der Waals surface area contributed by atoms with Crippen LogP contribution in [0.1, 0.15) is 155 Å². The summed E-state index contributed by atoms with van der Waals surface area (Å²) in [5, 5.41) is 3.64. The summed E-state index contributed by atoms with van der Waals surface area (Å²) in [7, 11) is 0. The Kier molecular flexibility index (Phi) is 28.8. The standard InChI is InChI=1S/C28H59NO/c1-3-5-7-9-10-11-12-13-14-15-17-21-25-29-26-22-18-16-20-24-28-30-27-23-19-8-6-4-2/h29H,3-28H2,1-2H3. The van der Waals surface area contributed by atoms with E-state index in [-0.39, 0.29) is 0 Å². The molecule has 0 aromatic carbocycles. The van der Waals surface area contributed by atoms with E-state index in [1.54, 1.807) is 0 Å². The Morgan fingerprint density at radius 3 is 1.03 bits per heavy atom. The van der Waals surface area contributed by atoms with E-state index in [2.05, 4.69) is 19.2 Å². The van der Waals surface area contributed by atoms with Crippen LogP contribution in [0.3, 0.4) is 0 Å². The van der Waals surface area contributed by atoms with Gasteiger partial charge in [0.1, 0.15) is 0 Å². The van der Waals surface area contributed by atoms with Crippen LogP contribution in [0.5, 0.6) is 0 Å². The van der Waals surface area contributed by atoms with Crippen LogP contribution in [0.15, 0.2) is 0 Å². The molecule has 2 heteroatoms. The van der Waals surface area contributed by atoms with Gasteiger partial charge in [-0.15, -0.1) is 0 Å². The van der Waals surface area contributed by atoms with Gasteiger partial charge in [0.05, 0.1) is 0 Å². The Balaban J connectivity index is 2.97. The third-order valence-electron chi connectivity index (χ3n) is 6.24. The smallest absolute Gasteiger partial charge is 0.0466 e. The molecule has 2 nitrogen and oxygen atoms in total. The van der Waals surface area contributed by atoms with Crippen molar-refractivity contribution in [2.45, 2.75) is 155 Å². The Labute approximate surface area is 191 Å². The SMILES string of the molecule is CCCCCCCCCCCCCCNCCCCCCCOCCCCCCC. The van der Waals surface area contributed by atoms with Crippen LogP contribution >= 0.6 is 0 Å². The molecule has 30 heavy (non-hydrogen) atoms. The fourth-order valence-corrected chi connectivity index (χ4v) is 4.11. The quantitative estimate of drug-likeness (QED) is 0.132. The molecule has 1 N–H and O–H groups in total. The number of hydrogen-bond acceptors (Lipinski definition) is 2. The molecule has 0 rings (SSSR count). The second kappa shape index (κ2) is 28.9. The Hall–Kier alpha value is -0.0800. The fraction of sp³-hybridized carbons (Fsp3) is 1.00. The van der Waals surface area contributed by atoms with Crippen LogP contribution < -0.4 is 5.32 Å². The molecule has 0 aliphatic rings. The predicted molar refractivity (Wildman–Crippen MR) is 137 cm³/mol. The molecule has 0 aliphatic heterocycles. The molecule has 0 unspecified atom stereocenters. The van der Waals surface area contributed by atoms with E-state index >= 15 is 0 Å². The van der Waals surface area contributed by atoms with Gasteiger partial charge >= 0.3 is 0 Å². The summed E-state index contributed by atoms with van der Waals surface area (Å²) < 4.78 is 5.74. The van der Waals surface area contributed by atoms with Gasteiger partial charge in [0.25, 0.3) is 0 Å². The highest BCUT2D eigenvalue weighted by Crippen LogP contribution is 2.11. The molecule has 0 atom stereocenters. The van der Waals surface area contributed by atoms with Gasteiger partial charge in [0.15, 0.2) is 0 Å². The lowest BCUT2D eigenvalue weighted by molar-refractivity contribution is 0.125. The third kappa shape index (κ3) is 27.9. The maximum atomic E-state index is 5.74. The molecular formula is C28H59NO. The van der Waals surface area contributed by atoms with Crippen molar-refractivity contribution in [1.29, 1.82) is 0 Å². The first-order chi connectivity index (χ1) is 14.9. The first-order valence-corrected chi connectivity index (χ1v) is 14.2. The van der Waals surface area contributed by atoms with Crippen molar-refractivity contribution in [2.24, 2.45) is 0 Å². The predicted octanol–water partition coefficient (Wildman–Crippen LogP) is 9.21. The minimum Gasteiger partial charge on any atom is -0.381 e. The summed E-state index contributed by atoms with van der Waals surface area (Å²) in [6.07, 6.45) is 30.7. The van der Waals surface area contributed by atoms with E-state index in [9.17, 15) is 0 Å². The molecule has 182 valence electrons. The number of rotatable bonds is 27. The molecule has 0 fully saturated rings. The van der Waals surface area contributed by atoms with Crippen LogP contribution in [-0.2, 0) is 4.74 Å². The summed E-state index contributed by atoms with van der Waals surface area (Å²) in [5.74, 6) is 0. The molecule has 0 aromatic heterocycles. The zero-order valence-corrected chi connectivity index (χ0v) is 21.3. The summed E-state index contributed by atoms with van der Waals surface area (Å²) in [6, 6.07) is 0. The zero-order chi connectivity index (χ0) is 21.8. The van der Waals surface area contributed by atoms with Gasteiger partial charge in [0.2, 0.25) is 0 Å². The largest absolute Gasteiger partial charge is 0.381 e. The van der Waals surface area contributed by atoms with E-state index in [1.807, 2.05) is 0 Å². The number of hydrogen-bond donors (Lipinski definition) is 1. The minimum absolute atomic E-state index is 0.977. The van der Waals surface area contributed by atoms with Crippen molar-refractivity contribution in [3.8, 4) is 0 Å². The van der Waals surface area contributed by atoms with Crippen molar-refractivity contribution >= 4 is 0 Å². The molecular weight excluding hydrogens is 366 g/mol. The number of nitrogens with one attached hydrogen (secondary N) is 1. The van der Waals surface area contributed by atoms with Crippen molar-refractivity contribution in [3.63, 3.8) is 0 Å².